The first-order valence-corrected chi connectivity index (χ1v) is 6.50. The minimum Gasteiger partial charge on any atom is -0.392 e. The largest absolute Gasteiger partial charge is 0.392 e. The predicted octanol–water partition coefficient (Wildman–Crippen LogP) is 3.10. The van der Waals surface area contributed by atoms with Crippen LogP contribution in [0.25, 0.3) is 0 Å². The number of hydrogen-bond acceptors (Lipinski definition) is 3. The Morgan fingerprint density at radius 3 is 1.68 bits per heavy atom. The first kappa shape index (κ1) is 13.5. The highest BCUT2D eigenvalue weighted by Gasteiger charge is 2.30. The lowest BCUT2D eigenvalue weighted by molar-refractivity contribution is -0.163. The van der Waals surface area contributed by atoms with E-state index in [1.54, 1.807) is 0 Å². The van der Waals surface area contributed by atoms with Crippen molar-refractivity contribution in [3.05, 3.63) is 48.6 Å². The van der Waals surface area contributed by atoms with Crippen LogP contribution in [-0.4, -0.2) is 11.9 Å². The molecule has 0 bridgehead atoms. The molecule has 0 saturated carbocycles. The minimum absolute atomic E-state index is 0.388. The number of allylic oxidation sites excluding steroid dienone is 4. The van der Waals surface area contributed by atoms with Crippen molar-refractivity contribution in [1.82, 2.24) is 0 Å². The van der Waals surface area contributed by atoms with Gasteiger partial charge in [-0.3, -0.25) is 9.59 Å². The molecule has 0 N–H and O–H groups in total. The van der Waals surface area contributed by atoms with Gasteiger partial charge in [0.15, 0.2) is 0 Å². The molecule has 0 spiro atoms. The lowest BCUT2D eigenvalue weighted by Crippen LogP contribution is -2.28. The number of rotatable bonds is 2. The van der Waals surface area contributed by atoms with Gasteiger partial charge in [0.1, 0.15) is 0 Å². The second kappa shape index (κ2) is 5.83. The molecule has 0 aromatic rings. The fraction of sp³-hybridized carbons (Fsp3) is 0.375. The topological polar surface area (TPSA) is 43.4 Å². The van der Waals surface area contributed by atoms with Crippen LogP contribution in [0.4, 0.5) is 0 Å². The van der Waals surface area contributed by atoms with Crippen molar-refractivity contribution in [2.45, 2.75) is 25.7 Å². The summed E-state index contributed by atoms with van der Waals surface area (Å²) in [6, 6.07) is 0. The van der Waals surface area contributed by atoms with Crippen molar-refractivity contribution in [3.63, 3.8) is 0 Å². The second-order valence-electron chi connectivity index (χ2n) is 4.98. The zero-order chi connectivity index (χ0) is 13.8. The van der Waals surface area contributed by atoms with Crippen molar-refractivity contribution >= 4 is 11.9 Å². The van der Waals surface area contributed by atoms with Gasteiger partial charge in [0.25, 0.3) is 0 Å². The summed E-state index contributed by atoms with van der Waals surface area (Å²) in [5.74, 6) is -1.74. The molecule has 0 aromatic carbocycles. The van der Waals surface area contributed by atoms with Crippen molar-refractivity contribution in [1.29, 1.82) is 0 Å². The summed E-state index contributed by atoms with van der Waals surface area (Å²) >= 11 is 0. The number of esters is 2. The van der Waals surface area contributed by atoms with Gasteiger partial charge < -0.3 is 4.74 Å². The van der Waals surface area contributed by atoms with Crippen molar-refractivity contribution < 1.29 is 14.3 Å². The van der Waals surface area contributed by atoms with E-state index in [1.807, 2.05) is 24.3 Å². The maximum Gasteiger partial charge on any atom is 0.321 e. The lowest BCUT2D eigenvalue weighted by atomic mass is 9.89. The maximum absolute atomic E-state index is 12.0. The highest BCUT2D eigenvalue weighted by molar-refractivity contribution is 5.90. The number of hydrogen-bond donors (Lipinski definition) is 0. The third-order valence-corrected chi connectivity index (χ3v) is 3.59. The van der Waals surface area contributed by atoms with Crippen LogP contribution in [0.3, 0.4) is 0 Å². The summed E-state index contributed by atoms with van der Waals surface area (Å²) in [6.07, 6.45) is 10.3. The zero-order valence-corrected chi connectivity index (χ0v) is 10.9. The Kier molecular flexibility index (Phi) is 4.15. The van der Waals surface area contributed by atoms with Crippen LogP contribution >= 0.6 is 0 Å². The highest BCUT2D eigenvalue weighted by Crippen LogP contribution is 2.27. The van der Waals surface area contributed by atoms with Crippen LogP contribution in [0.2, 0.25) is 0 Å². The third-order valence-electron chi connectivity index (χ3n) is 3.59. The number of carbonyl (C=O) groups excluding carboxylic acids is 2. The first-order chi connectivity index (χ1) is 9.09. The van der Waals surface area contributed by atoms with E-state index < -0.39 is 11.9 Å². The Hall–Kier alpha value is -1.90. The van der Waals surface area contributed by atoms with Crippen LogP contribution in [-0.2, 0) is 14.3 Å². The molecule has 3 heteroatoms. The Balaban J connectivity index is 1.97. The molecule has 2 atom stereocenters. The lowest BCUT2D eigenvalue weighted by Gasteiger charge is -2.22. The molecule has 2 aliphatic carbocycles. The van der Waals surface area contributed by atoms with Gasteiger partial charge in [-0.05, 0) is 25.7 Å². The van der Waals surface area contributed by atoms with Gasteiger partial charge in [0, 0.05) is 0 Å². The SMILES string of the molecule is C=C1CC=CCC1C(=O)OC(=O)C1CC=CCC1=C. The van der Waals surface area contributed by atoms with Crippen LogP contribution in [0.1, 0.15) is 25.7 Å². The fourth-order valence-electron chi connectivity index (χ4n) is 2.32. The third kappa shape index (κ3) is 3.11. The van der Waals surface area contributed by atoms with Gasteiger partial charge in [0.2, 0.25) is 0 Å². The average molecular weight is 258 g/mol. The summed E-state index contributed by atoms with van der Waals surface area (Å²) in [5, 5.41) is 0. The molecule has 0 heterocycles. The molecular formula is C16H18O3. The van der Waals surface area contributed by atoms with E-state index in [2.05, 4.69) is 13.2 Å². The van der Waals surface area contributed by atoms with E-state index in [1.165, 1.54) is 0 Å². The number of ether oxygens (including phenoxy) is 1. The van der Waals surface area contributed by atoms with Crippen molar-refractivity contribution in [3.8, 4) is 0 Å². The van der Waals surface area contributed by atoms with Crippen molar-refractivity contribution in [2.75, 3.05) is 0 Å². The first-order valence-electron chi connectivity index (χ1n) is 6.50. The summed E-state index contributed by atoms with van der Waals surface area (Å²) in [5.41, 5.74) is 1.62. The zero-order valence-electron chi connectivity index (χ0n) is 10.9. The summed E-state index contributed by atoms with van der Waals surface area (Å²) in [4.78, 5) is 24.0. The quantitative estimate of drug-likeness (QED) is 0.434. The molecule has 2 unspecified atom stereocenters. The van der Waals surface area contributed by atoms with E-state index in [4.69, 9.17) is 4.74 Å². The van der Waals surface area contributed by atoms with E-state index in [0.29, 0.717) is 25.7 Å². The molecule has 3 nitrogen and oxygen atoms in total. The van der Waals surface area contributed by atoms with Gasteiger partial charge in [-0.1, -0.05) is 48.6 Å². The van der Waals surface area contributed by atoms with Gasteiger partial charge in [-0.2, -0.15) is 0 Å². The minimum atomic E-state index is -0.485. The van der Waals surface area contributed by atoms with E-state index >= 15 is 0 Å². The molecule has 2 aliphatic rings. The fourth-order valence-corrected chi connectivity index (χ4v) is 2.32. The molecule has 0 fully saturated rings. The molecule has 0 saturated heterocycles. The molecule has 0 radical (unpaired) electrons. The van der Waals surface area contributed by atoms with Crippen LogP contribution in [0, 0.1) is 11.8 Å². The molecule has 0 amide bonds. The molecule has 0 aromatic heterocycles. The molecule has 0 aliphatic heterocycles. The summed E-state index contributed by atoms with van der Waals surface area (Å²) in [6.45, 7) is 7.72. The van der Waals surface area contributed by atoms with Gasteiger partial charge >= 0.3 is 11.9 Å². The van der Waals surface area contributed by atoms with Crippen molar-refractivity contribution in [2.24, 2.45) is 11.8 Å². The Morgan fingerprint density at radius 1 is 0.895 bits per heavy atom. The Labute approximate surface area is 113 Å². The van der Waals surface area contributed by atoms with E-state index in [9.17, 15) is 9.59 Å². The Bertz CT molecular complexity index is 438. The molecule has 2 rings (SSSR count). The standard InChI is InChI=1S/C16H18O3/c1-11-7-3-5-9-13(11)15(17)19-16(18)14-10-6-4-8-12(14)2/h3-6,13-14H,1-2,7-10H2. The van der Waals surface area contributed by atoms with E-state index in [-0.39, 0.29) is 11.8 Å². The maximum atomic E-state index is 12.0. The van der Waals surface area contributed by atoms with Crippen LogP contribution in [0.5, 0.6) is 0 Å². The van der Waals surface area contributed by atoms with Crippen LogP contribution in [0.15, 0.2) is 48.6 Å². The predicted molar refractivity (Wildman–Crippen MR) is 73.1 cm³/mol. The summed E-state index contributed by atoms with van der Waals surface area (Å²) in [7, 11) is 0. The van der Waals surface area contributed by atoms with Gasteiger partial charge in [-0.25, -0.2) is 0 Å². The highest BCUT2D eigenvalue weighted by atomic mass is 16.6. The monoisotopic (exact) mass is 258 g/mol. The van der Waals surface area contributed by atoms with Gasteiger partial charge in [0.05, 0.1) is 11.8 Å². The molecule has 19 heavy (non-hydrogen) atoms. The smallest absolute Gasteiger partial charge is 0.321 e. The van der Waals surface area contributed by atoms with E-state index in [0.717, 1.165) is 11.1 Å². The van der Waals surface area contributed by atoms with Crippen LogP contribution < -0.4 is 0 Å². The normalized spacial score (nSPS) is 26.3. The Morgan fingerprint density at radius 2 is 1.32 bits per heavy atom. The molecule has 100 valence electrons. The second-order valence-corrected chi connectivity index (χ2v) is 4.98. The van der Waals surface area contributed by atoms with Gasteiger partial charge in [-0.15, -0.1) is 0 Å². The number of carbonyl (C=O) groups is 2. The average Bonchev–Trinajstić information content (AvgIpc) is 2.39. The summed E-state index contributed by atoms with van der Waals surface area (Å²) < 4.78 is 5.00. The molecular weight excluding hydrogens is 240 g/mol.